The van der Waals surface area contributed by atoms with Gasteiger partial charge in [0.2, 0.25) is 0 Å². The molecule has 19 heavy (non-hydrogen) atoms. The number of hydrogen-bond donors (Lipinski definition) is 1. The first kappa shape index (κ1) is 13.6. The number of ether oxygens (including phenoxy) is 3. The van der Waals surface area contributed by atoms with E-state index in [1.807, 2.05) is 18.2 Å². The molecule has 5 heteroatoms. The van der Waals surface area contributed by atoms with E-state index in [0.29, 0.717) is 32.1 Å². The Kier molecular flexibility index (Phi) is 4.94. The van der Waals surface area contributed by atoms with Crippen LogP contribution in [0.5, 0.6) is 5.75 Å². The van der Waals surface area contributed by atoms with Crippen LogP contribution in [-0.4, -0.2) is 38.5 Å². The lowest BCUT2D eigenvalue weighted by atomic mass is 10.2. The molecule has 0 aliphatic carbocycles. The third-order valence-corrected chi connectivity index (χ3v) is 2.68. The van der Waals surface area contributed by atoms with Crippen molar-refractivity contribution < 1.29 is 14.2 Å². The monoisotopic (exact) mass is 262 g/mol. The molecule has 0 radical (unpaired) electrons. The summed E-state index contributed by atoms with van der Waals surface area (Å²) in [6, 6.07) is 7.47. The van der Waals surface area contributed by atoms with Crippen molar-refractivity contribution >= 4 is 16.6 Å². The van der Waals surface area contributed by atoms with Crippen molar-refractivity contribution in [3.05, 3.63) is 30.5 Å². The number of aromatic nitrogens is 1. The zero-order valence-corrected chi connectivity index (χ0v) is 11.0. The van der Waals surface area contributed by atoms with E-state index in [-0.39, 0.29) is 0 Å². The van der Waals surface area contributed by atoms with Crippen LogP contribution in [0.1, 0.15) is 0 Å². The van der Waals surface area contributed by atoms with E-state index < -0.39 is 0 Å². The second-order valence-electron chi connectivity index (χ2n) is 4.01. The number of methoxy groups -OCH3 is 1. The summed E-state index contributed by atoms with van der Waals surface area (Å²) in [5.41, 5.74) is 7.29. The molecule has 1 aromatic carbocycles. The van der Waals surface area contributed by atoms with Gasteiger partial charge in [-0.2, -0.15) is 0 Å². The first-order valence-corrected chi connectivity index (χ1v) is 6.15. The highest BCUT2D eigenvalue weighted by Crippen LogP contribution is 2.28. The molecule has 2 aromatic rings. The Balaban J connectivity index is 1.96. The van der Waals surface area contributed by atoms with Gasteiger partial charge in [-0.15, -0.1) is 0 Å². The number of nitrogen functional groups attached to an aromatic ring is 1. The van der Waals surface area contributed by atoms with Crippen molar-refractivity contribution in [3.63, 3.8) is 0 Å². The number of fused-ring (bicyclic) bond motifs is 1. The average Bonchev–Trinajstić information content (AvgIpc) is 2.45. The zero-order valence-electron chi connectivity index (χ0n) is 11.0. The molecule has 0 amide bonds. The Morgan fingerprint density at radius 3 is 2.79 bits per heavy atom. The quantitative estimate of drug-likeness (QED) is 0.609. The highest BCUT2D eigenvalue weighted by Gasteiger charge is 2.05. The summed E-state index contributed by atoms with van der Waals surface area (Å²) in [5.74, 6) is 0.771. The maximum Gasteiger partial charge on any atom is 0.128 e. The SMILES string of the molecule is COCCOCCOc1ccc(N)c2ncccc12. The van der Waals surface area contributed by atoms with Gasteiger partial charge in [0.25, 0.3) is 0 Å². The normalized spacial score (nSPS) is 10.8. The lowest BCUT2D eigenvalue weighted by molar-refractivity contribution is 0.0547. The lowest BCUT2D eigenvalue weighted by Gasteiger charge is -2.10. The molecule has 0 spiro atoms. The topological polar surface area (TPSA) is 66.6 Å². The number of nitrogens with zero attached hydrogens (tertiary/aromatic N) is 1. The van der Waals surface area contributed by atoms with Gasteiger partial charge in [0, 0.05) is 18.7 Å². The van der Waals surface area contributed by atoms with E-state index in [2.05, 4.69) is 4.98 Å². The summed E-state index contributed by atoms with van der Waals surface area (Å²) >= 11 is 0. The van der Waals surface area contributed by atoms with E-state index in [0.717, 1.165) is 16.7 Å². The maximum absolute atomic E-state index is 5.88. The Morgan fingerprint density at radius 2 is 1.95 bits per heavy atom. The predicted octanol–water partition coefficient (Wildman–Crippen LogP) is 1.86. The molecule has 0 saturated carbocycles. The molecule has 2 N–H and O–H groups in total. The maximum atomic E-state index is 5.88. The predicted molar refractivity (Wildman–Crippen MR) is 74.3 cm³/mol. The fraction of sp³-hybridized carbons (Fsp3) is 0.357. The van der Waals surface area contributed by atoms with Crippen LogP contribution in [-0.2, 0) is 9.47 Å². The second kappa shape index (κ2) is 6.92. The fourth-order valence-corrected chi connectivity index (χ4v) is 1.75. The molecule has 0 aliphatic heterocycles. The summed E-state index contributed by atoms with van der Waals surface area (Å²) in [6.07, 6.45) is 1.72. The van der Waals surface area contributed by atoms with Gasteiger partial charge >= 0.3 is 0 Å². The Bertz CT molecular complexity index is 531. The van der Waals surface area contributed by atoms with Crippen molar-refractivity contribution in [3.8, 4) is 5.75 Å². The Labute approximate surface area is 112 Å². The van der Waals surface area contributed by atoms with Crippen LogP contribution in [0.3, 0.4) is 0 Å². The summed E-state index contributed by atoms with van der Waals surface area (Å²) in [5, 5.41) is 0.916. The number of hydrogen-bond acceptors (Lipinski definition) is 5. The van der Waals surface area contributed by atoms with E-state index in [9.17, 15) is 0 Å². The van der Waals surface area contributed by atoms with Crippen molar-refractivity contribution in [2.45, 2.75) is 0 Å². The van der Waals surface area contributed by atoms with Crippen LogP contribution in [0, 0.1) is 0 Å². The molecule has 0 bridgehead atoms. The van der Waals surface area contributed by atoms with E-state index in [4.69, 9.17) is 19.9 Å². The molecule has 0 atom stereocenters. The zero-order chi connectivity index (χ0) is 13.5. The number of anilines is 1. The van der Waals surface area contributed by atoms with Crippen LogP contribution >= 0.6 is 0 Å². The van der Waals surface area contributed by atoms with Gasteiger partial charge in [0.1, 0.15) is 12.4 Å². The van der Waals surface area contributed by atoms with Gasteiger partial charge in [0.05, 0.1) is 31.0 Å². The second-order valence-corrected chi connectivity index (χ2v) is 4.01. The van der Waals surface area contributed by atoms with Gasteiger partial charge < -0.3 is 19.9 Å². The van der Waals surface area contributed by atoms with Crippen molar-refractivity contribution in [1.82, 2.24) is 4.98 Å². The van der Waals surface area contributed by atoms with Crippen LogP contribution in [0.4, 0.5) is 5.69 Å². The first-order chi connectivity index (χ1) is 9.33. The molecule has 2 rings (SSSR count). The highest BCUT2D eigenvalue weighted by molar-refractivity contribution is 5.93. The molecular weight excluding hydrogens is 244 g/mol. The number of benzene rings is 1. The number of rotatable bonds is 7. The molecule has 0 aliphatic rings. The Morgan fingerprint density at radius 1 is 1.11 bits per heavy atom. The van der Waals surface area contributed by atoms with Crippen LogP contribution in [0.25, 0.3) is 10.9 Å². The van der Waals surface area contributed by atoms with Crippen LogP contribution < -0.4 is 10.5 Å². The smallest absolute Gasteiger partial charge is 0.128 e. The molecule has 0 fully saturated rings. The van der Waals surface area contributed by atoms with Gasteiger partial charge in [-0.1, -0.05) is 0 Å². The fourth-order valence-electron chi connectivity index (χ4n) is 1.75. The minimum atomic E-state index is 0.484. The van der Waals surface area contributed by atoms with Gasteiger partial charge in [-0.3, -0.25) is 4.98 Å². The van der Waals surface area contributed by atoms with Gasteiger partial charge in [-0.05, 0) is 24.3 Å². The summed E-state index contributed by atoms with van der Waals surface area (Å²) in [6.45, 7) is 2.17. The van der Waals surface area contributed by atoms with Gasteiger partial charge in [0.15, 0.2) is 0 Å². The summed E-state index contributed by atoms with van der Waals surface area (Å²) < 4.78 is 15.9. The minimum absolute atomic E-state index is 0.484. The molecule has 1 aromatic heterocycles. The van der Waals surface area contributed by atoms with Crippen molar-refractivity contribution in [2.24, 2.45) is 0 Å². The van der Waals surface area contributed by atoms with Crippen LogP contribution in [0.2, 0.25) is 0 Å². The van der Waals surface area contributed by atoms with E-state index >= 15 is 0 Å². The molecule has 0 saturated heterocycles. The first-order valence-electron chi connectivity index (χ1n) is 6.15. The van der Waals surface area contributed by atoms with Crippen molar-refractivity contribution in [2.75, 3.05) is 39.3 Å². The standard InChI is InChI=1S/C14H18N2O3/c1-17-7-8-18-9-10-19-13-5-4-12(15)14-11(13)3-2-6-16-14/h2-6H,7-10,15H2,1H3. The van der Waals surface area contributed by atoms with Crippen LogP contribution in [0.15, 0.2) is 30.5 Å². The average molecular weight is 262 g/mol. The largest absolute Gasteiger partial charge is 0.490 e. The van der Waals surface area contributed by atoms with E-state index in [1.54, 1.807) is 19.4 Å². The molecule has 102 valence electrons. The summed E-state index contributed by atoms with van der Waals surface area (Å²) in [7, 11) is 1.65. The molecule has 5 nitrogen and oxygen atoms in total. The lowest BCUT2D eigenvalue weighted by Crippen LogP contribution is -2.10. The third-order valence-electron chi connectivity index (χ3n) is 2.68. The minimum Gasteiger partial charge on any atom is -0.490 e. The highest BCUT2D eigenvalue weighted by atomic mass is 16.5. The summed E-state index contributed by atoms with van der Waals surface area (Å²) in [4.78, 5) is 4.26. The Hall–Kier alpha value is -1.85. The molecule has 1 heterocycles. The molecular formula is C14H18N2O3. The van der Waals surface area contributed by atoms with Crippen molar-refractivity contribution in [1.29, 1.82) is 0 Å². The van der Waals surface area contributed by atoms with Gasteiger partial charge in [-0.25, -0.2) is 0 Å². The number of pyridine rings is 1. The molecule has 0 unspecified atom stereocenters. The number of nitrogens with two attached hydrogens (primary N) is 1. The third kappa shape index (κ3) is 3.56. The van der Waals surface area contributed by atoms with E-state index in [1.165, 1.54) is 0 Å².